The first-order valence-corrected chi connectivity index (χ1v) is 6.01. The first-order valence-electron chi connectivity index (χ1n) is 6.01. The van der Waals surface area contributed by atoms with E-state index in [1.54, 1.807) is 0 Å². The van der Waals surface area contributed by atoms with E-state index < -0.39 is 23.8 Å². The van der Waals surface area contributed by atoms with Crippen LogP contribution in [-0.4, -0.2) is 11.9 Å². The van der Waals surface area contributed by atoms with Gasteiger partial charge in [-0.2, -0.15) is 0 Å². The van der Waals surface area contributed by atoms with Crippen molar-refractivity contribution in [2.75, 3.05) is 0 Å². The van der Waals surface area contributed by atoms with Crippen molar-refractivity contribution in [1.82, 2.24) is 0 Å². The molecule has 2 fully saturated rings. The van der Waals surface area contributed by atoms with Crippen LogP contribution in [0.4, 0.5) is 0 Å². The molecule has 6 heteroatoms. The van der Waals surface area contributed by atoms with Gasteiger partial charge in [-0.15, -0.1) is 0 Å². The second-order valence-corrected chi connectivity index (χ2v) is 5.13. The molecule has 18 heavy (non-hydrogen) atoms. The molecule has 0 radical (unpaired) electrons. The van der Waals surface area contributed by atoms with Gasteiger partial charge in [-0.25, -0.2) is 0 Å². The van der Waals surface area contributed by atoms with Crippen molar-refractivity contribution in [3.8, 4) is 0 Å². The van der Waals surface area contributed by atoms with Gasteiger partial charge >= 0.3 is 103 Å². The van der Waals surface area contributed by atoms with Crippen LogP contribution in [0.1, 0.15) is 38.5 Å². The molecular formula is C12H16K2O4. The first kappa shape index (κ1) is 20.2. The van der Waals surface area contributed by atoms with Crippen molar-refractivity contribution in [3.63, 3.8) is 0 Å². The Labute approximate surface area is 192 Å². The van der Waals surface area contributed by atoms with Gasteiger partial charge < -0.3 is 19.8 Å². The summed E-state index contributed by atoms with van der Waals surface area (Å²) in [5, 5.41) is 21.9. The summed E-state index contributed by atoms with van der Waals surface area (Å²) in [6.07, 6.45) is 5.27. The molecular weight excluding hydrogens is 286 g/mol. The molecule has 0 N–H and O–H groups in total. The van der Waals surface area contributed by atoms with E-state index in [1.807, 2.05) is 0 Å². The molecule has 0 spiro atoms. The van der Waals surface area contributed by atoms with Crippen LogP contribution >= 0.6 is 0 Å². The molecule has 90 valence electrons. The molecule has 0 heterocycles. The molecule has 2 aliphatic rings. The molecule has 2 rings (SSSR count). The van der Waals surface area contributed by atoms with E-state index in [1.165, 1.54) is 0 Å². The van der Waals surface area contributed by atoms with Gasteiger partial charge in [-0.05, 0) is 24.7 Å². The maximum atomic E-state index is 10.9. The van der Waals surface area contributed by atoms with Crippen LogP contribution in [0.5, 0.6) is 0 Å². The molecule has 2 aliphatic carbocycles. The Balaban J connectivity index is 0.00000144. The van der Waals surface area contributed by atoms with Gasteiger partial charge in [0.15, 0.2) is 0 Å². The summed E-state index contributed by atoms with van der Waals surface area (Å²) in [7, 11) is 0. The van der Waals surface area contributed by atoms with Crippen molar-refractivity contribution in [2.45, 2.75) is 38.5 Å². The van der Waals surface area contributed by atoms with Crippen LogP contribution in [0.3, 0.4) is 0 Å². The maximum absolute atomic E-state index is 10.9. The Bertz CT molecular complexity index is 278. The van der Waals surface area contributed by atoms with E-state index >= 15 is 0 Å². The third-order valence-corrected chi connectivity index (χ3v) is 4.27. The van der Waals surface area contributed by atoms with Crippen LogP contribution in [-0.2, 0) is 9.59 Å². The average molecular weight is 302 g/mol. The van der Waals surface area contributed by atoms with Crippen LogP contribution in [0.2, 0.25) is 0 Å². The number of fused-ring (bicyclic) bond motifs is 1. The van der Waals surface area contributed by atoms with Crippen molar-refractivity contribution >= 4 is 11.9 Å². The van der Waals surface area contributed by atoms with Gasteiger partial charge in [0.1, 0.15) is 0 Å². The third kappa shape index (κ3) is 4.89. The quantitative estimate of drug-likeness (QED) is 0.475. The fraction of sp³-hybridized carbons (Fsp3) is 0.833. The monoisotopic (exact) mass is 302 g/mol. The van der Waals surface area contributed by atoms with E-state index in [-0.39, 0.29) is 103 Å². The molecule has 0 amide bonds. The van der Waals surface area contributed by atoms with Crippen LogP contribution in [0.25, 0.3) is 0 Å². The van der Waals surface area contributed by atoms with Gasteiger partial charge in [0.25, 0.3) is 0 Å². The summed E-state index contributed by atoms with van der Waals surface area (Å²) in [6.45, 7) is 0. The maximum Gasteiger partial charge on any atom is 1.00 e. The minimum atomic E-state index is -1.22. The van der Waals surface area contributed by atoms with Crippen LogP contribution in [0.15, 0.2) is 0 Å². The summed E-state index contributed by atoms with van der Waals surface area (Å²) in [4.78, 5) is 21.9. The largest absolute Gasteiger partial charge is 1.00 e. The van der Waals surface area contributed by atoms with Crippen LogP contribution in [0, 0.1) is 23.7 Å². The minimum Gasteiger partial charge on any atom is -0.550 e. The number of hydrogen-bond acceptors (Lipinski definition) is 4. The standard InChI is InChI=1S/C12H18O4.2K/c13-11(14)9-5-7-3-1-2-4-8(7)6-10(9)12(15)16;;/h7-10H,1-6H2,(H,13,14)(H,15,16);;/q;2*+1/p-2. The smallest absolute Gasteiger partial charge is 0.550 e. The fourth-order valence-electron chi connectivity index (χ4n) is 3.41. The van der Waals surface area contributed by atoms with Gasteiger partial charge in [-0.3, -0.25) is 0 Å². The number of aliphatic carboxylic acids is 2. The second-order valence-electron chi connectivity index (χ2n) is 5.13. The zero-order chi connectivity index (χ0) is 11.7. The molecule has 0 aliphatic heterocycles. The van der Waals surface area contributed by atoms with E-state index in [9.17, 15) is 19.8 Å². The van der Waals surface area contributed by atoms with Crippen molar-refractivity contribution < 1.29 is 123 Å². The molecule has 4 atom stereocenters. The first-order chi connectivity index (χ1) is 7.59. The molecule has 0 aromatic rings. The molecule has 4 unspecified atom stereocenters. The van der Waals surface area contributed by atoms with Gasteiger partial charge in [0, 0.05) is 23.8 Å². The fourth-order valence-corrected chi connectivity index (χ4v) is 3.41. The molecule has 4 nitrogen and oxygen atoms in total. The zero-order valence-corrected chi connectivity index (χ0v) is 17.4. The van der Waals surface area contributed by atoms with E-state index in [0.717, 1.165) is 25.7 Å². The predicted molar refractivity (Wildman–Crippen MR) is 51.7 cm³/mol. The number of carboxylic acid groups (broad SMARTS) is 2. The molecule has 0 bridgehead atoms. The summed E-state index contributed by atoms with van der Waals surface area (Å²) in [5.74, 6) is -3.37. The van der Waals surface area contributed by atoms with Crippen molar-refractivity contribution in [3.05, 3.63) is 0 Å². The SMILES string of the molecule is O=C([O-])C1CC2CCCCC2CC1C(=O)[O-].[K+].[K+]. The van der Waals surface area contributed by atoms with Crippen LogP contribution < -0.4 is 113 Å². The summed E-state index contributed by atoms with van der Waals surface area (Å²) >= 11 is 0. The van der Waals surface area contributed by atoms with Gasteiger partial charge in [0.2, 0.25) is 0 Å². The molecule has 0 aromatic carbocycles. The van der Waals surface area contributed by atoms with Crippen molar-refractivity contribution in [1.29, 1.82) is 0 Å². The summed E-state index contributed by atoms with van der Waals surface area (Å²) in [5.41, 5.74) is 0. The predicted octanol–water partition coefficient (Wildman–Crippen LogP) is -6.67. The van der Waals surface area contributed by atoms with E-state index in [4.69, 9.17) is 0 Å². The Morgan fingerprint density at radius 3 is 1.39 bits per heavy atom. The number of carbonyl (C=O) groups excluding carboxylic acids is 2. The van der Waals surface area contributed by atoms with Crippen molar-refractivity contribution in [2.24, 2.45) is 23.7 Å². The number of hydrogen-bond donors (Lipinski definition) is 0. The topological polar surface area (TPSA) is 80.3 Å². The number of carboxylic acids is 2. The van der Waals surface area contributed by atoms with E-state index in [0.29, 0.717) is 24.7 Å². The molecule has 2 saturated carbocycles. The Kier molecular flexibility index (Phi) is 10.4. The minimum absolute atomic E-state index is 0. The Hall–Kier alpha value is 2.21. The number of carbonyl (C=O) groups is 2. The molecule has 0 saturated heterocycles. The summed E-state index contributed by atoms with van der Waals surface area (Å²) < 4.78 is 0. The molecule has 0 aromatic heterocycles. The second kappa shape index (κ2) is 9.28. The number of rotatable bonds is 2. The average Bonchev–Trinajstić information content (AvgIpc) is 2.27. The third-order valence-electron chi connectivity index (χ3n) is 4.27. The summed E-state index contributed by atoms with van der Waals surface area (Å²) in [6, 6.07) is 0. The van der Waals surface area contributed by atoms with Gasteiger partial charge in [-0.1, -0.05) is 25.7 Å². The van der Waals surface area contributed by atoms with E-state index in [2.05, 4.69) is 0 Å². The Morgan fingerprint density at radius 2 is 1.11 bits per heavy atom. The normalized spacial score (nSPS) is 34.4. The van der Waals surface area contributed by atoms with Gasteiger partial charge in [0.05, 0.1) is 0 Å². The Morgan fingerprint density at radius 1 is 0.778 bits per heavy atom. The zero-order valence-electron chi connectivity index (χ0n) is 11.2.